The van der Waals surface area contributed by atoms with Crippen molar-refractivity contribution in [1.82, 2.24) is 0 Å². The Balaban J connectivity index is 3.69. The Kier molecular flexibility index (Phi) is 4.48. The number of alkyl halides is 2. The van der Waals surface area contributed by atoms with Crippen molar-refractivity contribution in [2.75, 3.05) is 7.11 Å². The number of nitrogens with zero attached hydrogens (tertiary/aromatic N) is 1. The first-order valence-corrected chi connectivity index (χ1v) is 6.74. The zero-order valence-corrected chi connectivity index (χ0v) is 10.7. The largest absolute Gasteiger partial charge is 0.490 e. The molecule has 106 valence electrons. The summed E-state index contributed by atoms with van der Waals surface area (Å²) in [5.41, 5.74) is -1.05. The lowest BCUT2D eigenvalue weighted by Crippen LogP contribution is -2.09. The Morgan fingerprint density at radius 1 is 1.42 bits per heavy atom. The van der Waals surface area contributed by atoms with Gasteiger partial charge >= 0.3 is 12.3 Å². The standard InChI is InChI=1S/C8H6ClF2NO6S/c1-17-4-2-3-5(19(9,15)16)7(18-8(10)11)6(4)12(13)14/h2-3,8H,1H3. The number of ether oxygens (including phenoxy) is 2. The van der Waals surface area contributed by atoms with Crippen molar-refractivity contribution in [1.29, 1.82) is 0 Å². The molecule has 7 nitrogen and oxygen atoms in total. The zero-order chi connectivity index (χ0) is 14.8. The summed E-state index contributed by atoms with van der Waals surface area (Å²) in [6.07, 6.45) is 0. The van der Waals surface area contributed by atoms with Crippen LogP contribution in [-0.2, 0) is 9.05 Å². The molecule has 0 aliphatic rings. The summed E-state index contributed by atoms with van der Waals surface area (Å²) < 4.78 is 55.3. The van der Waals surface area contributed by atoms with Gasteiger partial charge in [-0.25, -0.2) is 8.42 Å². The average molecular weight is 318 g/mol. The third kappa shape index (κ3) is 3.41. The molecule has 0 bridgehead atoms. The quantitative estimate of drug-likeness (QED) is 0.469. The van der Waals surface area contributed by atoms with E-state index in [0.717, 1.165) is 19.2 Å². The molecule has 0 radical (unpaired) electrons. The fourth-order valence-electron chi connectivity index (χ4n) is 1.27. The highest BCUT2D eigenvalue weighted by Gasteiger charge is 2.32. The molecule has 1 rings (SSSR count). The predicted molar refractivity (Wildman–Crippen MR) is 59.3 cm³/mol. The minimum absolute atomic E-state index is 0.440. The molecule has 0 aliphatic heterocycles. The summed E-state index contributed by atoms with van der Waals surface area (Å²) in [6.45, 7) is -3.47. The van der Waals surface area contributed by atoms with E-state index >= 15 is 0 Å². The van der Waals surface area contributed by atoms with Crippen LogP contribution < -0.4 is 9.47 Å². The second-order valence-electron chi connectivity index (χ2n) is 3.02. The van der Waals surface area contributed by atoms with Gasteiger partial charge in [-0.2, -0.15) is 8.78 Å². The van der Waals surface area contributed by atoms with Gasteiger partial charge in [0.05, 0.1) is 12.0 Å². The summed E-state index contributed by atoms with van der Waals surface area (Å²) >= 11 is 0. The maximum Gasteiger partial charge on any atom is 0.387 e. The first kappa shape index (κ1) is 15.4. The van der Waals surface area contributed by atoms with Gasteiger partial charge in [-0.3, -0.25) is 10.1 Å². The van der Waals surface area contributed by atoms with Gasteiger partial charge in [0.2, 0.25) is 11.5 Å². The highest BCUT2D eigenvalue weighted by molar-refractivity contribution is 8.13. The number of hydrogen-bond donors (Lipinski definition) is 0. The number of nitro benzene ring substituents is 1. The Labute approximate surface area is 110 Å². The Bertz CT molecular complexity index is 606. The van der Waals surface area contributed by atoms with Gasteiger partial charge in [-0.1, -0.05) is 0 Å². The van der Waals surface area contributed by atoms with Crippen LogP contribution in [0.5, 0.6) is 11.5 Å². The number of hydrogen-bond acceptors (Lipinski definition) is 6. The summed E-state index contributed by atoms with van der Waals surface area (Å²) in [7, 11) is 1.54. The van der Waals surface area contributed by atoms with E-state index in [1.54, 1.807) is 0 Å². The molecule has 1 aromatic rings. The van der Waals surface area contributed by atoms with Crippen molar-refractivity contribution in [3.05, 3.63) is 22.2 Å². The van der Waals surface area contributed by atoms with Crippen LogP contribution in [0.3, 0.4) is 0 Å². The predicted octanol–water partition coefficient (Wildman–Crippen LogP) is 2.13. The van der Waals surface area contributed by atoms with Gasteiger partial charge in [-0.05, 0) is 12.1 Å². The third-order valence-corrected chi connectivity index (χ3v) is 3.28. The van der Waals surface area contributed by atoms with Crippen molar-refractivity contribution in [2.45, 2.75) is 11.5 Å². The van der Waals surface area contributed by atoms with E-state index in [1.165, 1.54) is 0 Å². The minimum Gasteiger partial charge on any atom is -0.490 e. The molecule has 0 atom stereocenters. The van der Waals surface area contributed by atoms with Crippen LogP contribution >= 0.6 is 10.7 Å². The molecule has 0 spiro atoms. The smallest absolute Gasteiger partial charge is 0.387 e. The van der Waals surface area contributed by atoms with Crippen molar-refractivity contribution in [3.63, 3.8) is 0 Å². The van der Waals surface area contributed by atoms with Gasteiger partial charge in [0, 0.05) is 10.7 Å². The minimum atomic E-state index is -4.51. The van der Waals surface area contributed by atoms with E-state index in [4.69, 9.17) is 10.7 Å². The maximum atomic E-state index is 12.2. The van der Waals surface area contributed by atoms with Crippen molar-refractivity contribution in [3.8, 4) is 11.5 Å². The van der Waals surface area contributed by atoms with Crippen molar-refractivity contribution >= 4 is 25.4 Å². The summed E-state index contributed by atoms with van der Waals surface area (Å²) in [6, 6.07) is 1.68. The number of benzene rings is 1. The zero-order valence-electron chi connectivity index (χ0n) is 9.17. The number of nitro groups is 1. The topological polar surface area (TPSA) is 95.7 Å². The molecule has 0 saturated carbocycles. The van der Waals surface area contributed by atoms with E-state index in [0.29, 0.717) is 0 Å². The van der Waals surface area contributed by atoms with Crippen molar-refractivity contribution in [2.24, 2.45) is 0 Å². The van der Waals surface area contributed by atoms with Gasteiger partial charge in [0.15, 0.2) is 0 Å². The molecule has 0 unspecified atom stereocenters. The Morgan fingerprint density at radius 3 is 2.37 bits per heavy atom. The van der Waals surface area contributed by atoms with Crippen LogP contribution in [0.1, 0.15) is 0 Å². The highest BCUT2D eigenvalue weighted by atomic mass is 35.7. The maximum absolute atomic E-state index is 12.2. The molecule has 0 heterocycles. The molecule has 0 N–H and O–H groups in total. The van der Waals surface area contributed by atoms with Crippen LogP contribution in [-0.4, -0.2) is 27.1 Å². The normalized spacial score (nSPS) is 11.4. The van der Waals surface area contributed by atoms with Crippen LogP contribution in [0, 0.1) is 10.1 Å². The van der Waals surface area contributed by atoms with Gasteiger partial charge < -0.3 is 9.47 Å². The lowest BCUT2D eigenvalue weighted by atomic mass is 10.2. The van der Waals surface area contributed by atoms with Crippen LogP contribution in [0.4, 0.5) is 14.5 Å². The molecule has 1 aromatic carbocycles. The monoisotopic (exact) mass is 317 g/mol. The van der Waals surface area contributed by atoms with E-state index in [-0.39, 0.29) is 0 Å². The summed E-state index contributed by atoms with van der Waals surface area (Å²) in [4.78, 5) is 8.77. The van der Waals surface area contributed by atoms with Crippen molar-refractivity contribution < 1.29 is 31.6 Å². The highest BCUT2D eigenvalue weighted by Crippen LogP contribution is 2.43. The molecular weight excluding hydrogens is 312 g/mol. The number of methoxy groups -OCH3 is 1. The van der Waals surface area contributed by atoms with E-state index in [2.05, 4.69) is 9.47 Å². The van der Waals surface area contributed by atoms with Gasteiger partial charge in [0.25, 0.3) is 9.05 Å². The molecule has 0 saturated heterocycles. The molecule has 0 aromatic heterocycles. The fourth-order valence-corrected chi connectivity index (χ4v) is 2.23. The summed E-state index contributed by atoms with van der Waals surface area (Å²) in [5, 5.41) is 10.8. The average Bonchev–Trinajstić information content (AvgIpc) is 2.25. The third-order valence-electron chi connectivity index (χ3n) is 1.93. The van der Waals surface area contributed by atoms with Crippen LogP contribution in [0.2, 0.25) is 0 Å². The van der Waals surface area contributed by atoms with Gasteiger partial charge in [-0.15, -0.1) is 0 Å². The lowest BCUT2D eigenvalue weighted by molar-refractivity contribution is -0.387. The second kappa shape index (κ2) is 5.53. The van der Waals surface area contributed by atoms with E-state index in [1.807, 2.05) is 0 Å². The molecular formula is C8H6ClF2NO6S. The second-order valence-corrected chi connectivity index (χ2v) is 5.55. The number of rotatable bonds is 5. The first-order chi connectivity index (χ1) is 8.68. The molecule has 0 fully saturated rings. The van der Waals surface area contributed by atoms with E-state index < -0.39 is 42.7 Å². The summed E-state index contributed by atoms with van der Waals surface area (Å²) in [5.74, 6) is -1.61. The first-order valence-electron chi connectivity index (χ1n) is 4.43. The van der Waals surface area contributed by atoms with E-state index in [9.17, 15) is 27.3 Å². The SMILES string of the molecule is COc1ccc(S(=O)(=O)Cl)c(OC(F)F)c1[N+](=O)[O-]. The molecule has 0 aliphatic carbocycles. The lowest BCUT2D eigenvalue weighted by Gasteiger charge is -2.11. The van der Waals surface area contributed by atoms with Gasteiger partial charge in [0.1, 0.15) is 4.90 Å². The van der Waals surface area contributed by atoms with Crippen LogP contribution in [0.15, 0.2) is 17.0 Å². The van der Waals surface area contributed by atoms with Crippen LogP contribution in [0.25, 0.3) is 0 Å². The Hall–Kier alpha value is -1.68. The Morgan fingerprint density at radius 2 is 2.00 bits per heavy atom. The molecule has 19 heavy (non-hydrogen) atoms. The fraction of sp³-hybridized carbons (Fsp3) is 0.250. The molecule has 0 amide bonds. The number of halogens is 3. The molecule has 11 heteroatoms.